The number of nitrogens with zero attached hydrogens (tertiary/aromatic N) is 4. The lowest BCUT2D eigenvalue weighted by Gasteiger charge is -2.31. The molecule has 0 radical (unpaired) electrons. The van der Waals surface area contributed by atoms with Crippen LogP contribution in [0.25, 0.3) is 0 Å². The summed E-state index contributed by atoms with van der Waals surface area (Å²) >= 11 is 0. The summed E-state index contributed by atoms with van der Waals surface area (Å²) in [7, 11) is 0. The highest BCUT2D eigenvalue weighted by Crippen LogP contribution is 2.45. The number of aliphatic carboxylic acids is 1. The lowest BCUT2D eigenvalue weighted by molar-refractivity contribution is -0.144. The van der Waals surface area contributed by atoms with Crippen LogP contribution < -0.4 is 5.32 Å². The molecule has 3 heterocycles. The Bertz CT molecular complexity index is 867. The number of rotatable bonds is 3. The molecule has 0 bridgehead atoms. The zero-order valence-electron chi connectivity index (χ0n) is 13.9. The van der Waals surface area contributed by atoms with Crippen LogP contribution >= 0.6 is 0 Å². The number of fused-ring (bicyclic) bond motifs is 1. The summed E-state index contributed by atoms with van der Waals surface area (Å²) in [5.74, 6) is -1.09. The van der Waals surface area contributed by atoms with Crippen LogP contribution in [0.15, 0.2) is 24.5 Å². The van der Waals surface area contributed by atoms with Gasteiger partial charge in [0, 0.05) is 29.3 Å². The number of pyridine rings is 1. The smallest absolute Gasteiger partial charge is 0.409 e. The lowest BCUT2D eigenvalue weighted by atomic mass is 9.97. The van der Waals surface area contributed by atoms with Crippen molar-refractivity contribution in [3.63, 3.8) is 0 Å². The number of amides is 1. The summed E-state index contributed by atoms with van der Waals surface area (Å²) in [6.07, 6.45) is 1.77. The molecule has 9 heteroatoms. The third-order valence-electron chi connectivity index (χ3n) is 4.19. The van der Waals surface area contributed by atoms with Gasteiger partial charge in [0.05, 0.1) is 11.2 Å². The van der Waals surface area contributed by atoms with Gasteiger partial charge in [0.2, 0.25) is 5.95 Å². The summed E-state index contributed by atoms with van der Waals surface area (Å²) in [6, 6.07) is 2.13. The molecule has 9 nitrogen and oxygen atoms in total. The number of anilines is 2. The first-order chi connectivity index (χ1) is 11.7. The maximum atomic E-state index is 11.7. The van der Waals surface area contributed by atoms with Crippen LogP contribution in [0.2, 0.25) is 0 Å². The topological polar surface area (TPSA) is 129 Å². The maximum Gasteiger partial charge on any atom is 0.409 e. The normalized spacial score (nSPS) is 17.9. The predicted octanol–water partition coefficient (Wildman–Crippen LogP) is 2.28. The largest absolute Gasteiger partial charge is 0.479 e. The summed E-state index contributed by atoms with van der Waals surface area (Å²) in [5, 5.41) is 22.0. The number of hydrogen-bond acceptors (Lipinski definition) is 6. The number of aromatic nitrogens is 3. The standard InChI is InChI=1S/C16H17N5O4/c1-8-6-9(4-5-17-8)19-14-18-7-10-11(20-14)12(13(22)23)21(15(24)25)16(10,2)3/h4-7,12H,1-3H3,(H,22,23)(H,24,25)(H,17,18,19,20). The average Bonchev–Trinajstić information content (AvgIpc) is 2.75. The van der Waals surface area contributed by atoms with Gasteiger partial charge in [-0.2, -0.15) is 0 Å². The van der Waals surface area contributed by atoms with Crippen molar-refractivity contribution in [1.82, 2.24) is 19.9 Å². The third kappa shape index (κ3) is 2.73. The van der Waals surface area contributed by atoms with Crippen molar-refractivity contribution >= 4 is 23.7 Å². The van der Waals surface area contributed by atoms with Crippen LogP contribution in [0.5, 0.6) is 0 Å². The van der Waals surface area contributed by atoms with Crippen LogP contribution in [-0.4, -0.2) is 42.1 Å². The van der Waals surface area contributed by atoms with Gasteiger partial charge in [-0.05, 0) is 32.9 Å². The van der Waals surface area contributed by atoms with E-state index in [-0.39, 0.29) is 11.6 Å². The average molecular weight is 343 g/mol. The van der Waals surface area contributed by atoms with Crippen LogP contribution in [0, 0.1) is 6.92 Å². The van der Waals surface area contributed by atoms with E-state index < -0.39 is 23.6 Å². The van der Waals surface area contributed by atoms with Crippen molar-refractivity contribution in [2.24, 2.45) is 0 Å². The summed E-state index contributed by atoms with van der Waals surface area (Å²) < 4.78 is 0. The van der Waals surface area contributed by atoms with Crippen LogP contribution in [0.4, 0.5) is 16.4 Å². The van der Waals surface area contributed by atoms with Crippen LogP contribution in [0.3, 0.4) is 0 Å². The van der Waals surface area contributed by atoms with E-state index in [1.165, 1.54) is 6.20 Å². The molecule has 3 N–H and O–H groups in total. The highest BCUT2D eigenvalue weighted by molar-refractivity contribution is 5.83. The monoisotopic (exact) mass is 343 g/mol. The molecule has 3 rings (SSSR count). The second-order valence-corrected chi connectivity index (χ2v) is 6.26. The molecular weight excluding hydrogens is 326 g/mol. The summed E-state index contributed by atoms with van der Waals surface area (Å²) in [4.78, 5) is 36.8. The first kappa shape index (κ1) is 16.6. The minimum Gasteiger partial charge on any atom is -0.479 e. The van der Waals surface area contributed by atoms with Gasteiger partial charge < -0.3 is 15.5 Å². The Kier molecular flexibility index (Phi) is 3.78. The molecule has 1 aliphatic rings. The van der Waals surface area contributed by atoms with Gasteiger partial charge in [0.1, 0.15) is 0 Å². The molecular formula is C16H17N5O4. The molecule has 2 aromatic rings. The number of nitrogens with one attached hydrogen (secondary N) is 1. The number of aryl methyl sites for hydroxylation is 1. The zero-order chi connectivity index (χ0) is 18.4. The molecule has 0 fully saturated rings. The SMILES string of the molecule is Cc1cc(Nc2ncc3c(n2)C(C(=O)O)N(C(=O)O)C3(C)C)ccn1. The van der Waals surface area contributed by atoms with Crippen molar-refractivity contribution in [2.45, 2.75) is 32.4 Å². The van der Waals surface area contributed by atoms with E-state index in [0.717, 1.165) is 10.6 Å². The second kappa shape index (κ2) is 5.69. The lowest BCUT2D eigenvalue weighted by Crippen LogP contribution is -2.43. The predicted molar refractivity (Wildman–Crippen MR) is 87.6 cm³/mol. The Labute approximate surface area is 143 Å². The summed E-state index contributed by atoms with van der Waals surface area (Å²) in [5.41, 5.74) is 1.09. The summed E-state index contributed by atoms with van der Waals surface area (Å²) in [6.45, 7) is 5.10. The van der Waals surface area contributed by atoms with Crippen molar-refractivity contribution in [3.8, 4) is 0 Å². The Morgan fingerprint density at radius 1 is 1.28 bits per heavy atom. The fourth-order valence-corrected chi connectivity index (χ4v) is 3.04. The minimum absolute atomic E-state index is 0.170. The third-order valence-corrected chi connectivity index (χ3v) is 4.19. The number of carbonyl (C=O) groups is 2. The zero-order valence-corrected chi connectivity index (χ0v) is 13.9. The Morgan fingerprint density at radius 3 is 2.60 bits per heavy atom. The number of carboxylic acid groups (broad SMARTS) is 2. The van der Waals surface area contributed by atoms with E-state index in [9.17, 15) is 19.8 Å². The van der Waals surface area contributed by atoms with Crippen LogP contribution in [0.1, 0.15) is 36.8 Å². The molecule has 130 valence electrons. The molecule has 1 unspecified atom stereocenters. The van der Waals surface area contributed by atoms with Gasteiger partial charge in [0.15, 0.2) is 6.04 Å². The van der Waals surface area contributed by atoms with Crippen molar-refractivity contribution in [2.75, 3.05) is 5.32 Å². The molecule has 25 heavy (non-hydrogen) atoms. The number of hydrogen-bond donors (Lipinski definition) is 3. The van der Waals surface area contributed by atoms with Gasteiger partial charge in [-0.25, -0.2) is 19.6 Å². The van der Waals surface area contributed by atoms with Gasteiger partial charge in [0.25, 0.3) is 0 Å². The Hall–Kier alpha value is -3.23. The maximum absolute atomic E-state index is 11.7. The van der Waals surface area contributed by atoms with E-state index in [2.05, 4.69) is 20.3 Å². The van der Waals surface area contributed by atoms with Gasteiger partial charge >= 0.3 is 12.1 Å². The molecule has 0 aromatic carbocycles. The molecule has 1 aliphatic heterocycles. The van der Waals surface area contributed by atoms with Crippen LogP contribution in [-0.2, 0) is 10.3 Å². The molecule has 0 spiro atoms. The highest BCUT2D eigenvalue weighted by Gasteiger charge is 2.51. The van der Waals surface area contributed by atoms with Crippen molar-refractivity contribution in [1.29, 1.82) is 0 Å². The molecule has 1 atom stereocenters. The first-order valence-corrected chi connectivity index (χ1v) is 7.54. The van der Waals surface area contributed by atoms with E-state index in [1.54, 1.807) is 32.2 Å². The molecule has 1 amide bonds. The second-order valence-electron chi connectivity index (χ2n) is 6.26. The van der Waals surface area contributed by atoms with Gasteiger partial charge in [-0.3, -0.25) is 9.88 Å². The molecule has 2 aromatic heterocycles. The quantitative estimate of drug-likeness (QED) is 0.774. The Morgan fingerprint density at radius 2 is 2.00 bits per heavy atom. The molecule has 0 aliphatic carbocycles. The Balaban J connectivity index is 2.05. The van der Waals surface area contributed by atoms with Gasteiger partial charge in [-0.15, -0.1) is 0 Å². The first-order valence-electron chi connectivity index (χ1n) is 7.54. The van der Waals surface area contributed by atoms with E-state index in [4.69, 9.17) is 0 Å². The highest BCUT2D eigenvalue weighted by atomic mass is 16.4. The number of carboxylic acids is 1. The fraction of sp³-hybridized carbons (Fsp3) is 0.312. The molecule has 0 saturated carbocycles. The van der Waals surface area contributed by atoms with Gasteiger partial charge in [-0.1, -0.05) is 0 Å². The van der Waals surface area contributed by atoms with E-state index >= 15 is 0 Å². The van der Waals surface area contributed by atoms with Crippen molar-refractivity contribution < 1.29 is 19.8 Å². The fourth-order valence-electron chi connectivity index (χ4n) is 3.04. The van der Waals surface area contributed by atoms with E-state index in [0.29, 0.717) is 11.3 Å². The van der Waals surface area contributed by atoms with E-state index in [1.807, 2.05) is 6.92 Å². The van der Waals surface area contributed by atoms with Crippen molar-refractivity contribution in [3.05, 3.63) is 41.5 Å². The minimum atomic E-state index is -1.38. The molecule has 0 saturated heterocycles.